The molecule has 0 unspecified atom stereocenters. The van der Waals surface area contributed by atoms with Gasteiger partial charge < -0.3 is 4.74 Å². The Bertz CT molecular complexity index is 625. The van der Waals surface area contributed by atoms with Crippen molar-refractivity contribution in [3.05, 3.63) is 34.6 Å². The Hall–Kier alpha value is -0.740. The summed E-state index contributed by atoms with van der Waals surface area (Å²) in [4.78, 5) is 4.40. The van der Waals surface area contributed by atoms with Crippen molar-refractivity contribution in [2.24, 2.45) is 0 Å². The van der Waals surface area contributed by atoms with Crippen LogP contribution in [0.3, 0.4) is 0 Å². The number of fused-ring (bicyclic) bond motifs is 1. The van der Waals surface area contributed by atoms with Crippen LogP contribution in [-0.2, 0) is 0 Å². The van der Waals surface area contributed by atoms with Gasteiger partial charge in [-0.05, 0) is 43.7 Å². The van der Waals surface area contributed by atoms with Crippen LogP contribution in [0, 0.1) is 6.92 Å². The largest absolute Gasteiger partial charge is 0.490 e. The van der Waals surface area contributed by atoms with Crippen LogP contribution < -0.4 is 4.74 Å². The normalized spacial score (nSPS) is 21.8. The van der Waals surface area contributed by atoms with E-state index >= 15 is 0 Å². The SMILES string of the molecule is CCSC1CC(Oc2ccc(Br)c3cc(C)ncc23)C1. The number of ether oxygens (including phenoxy) is 1. The van der Waals surface area contributed by atoms with E-state index in [4.69, 9.17) is 4.74 Å². The molecule has 4 heteroatoms. The molecule has 1 saturated carbocycles. The van der Waals surface area contributed by atoms with Crippen molar-refractivity contribution in [3.8, 4) is 5.75 Å². The van der Waals surface area contributed by atoms with Crippen molar-refractivity contribution in [3.63, 3.8) is 0 Å². The number of rotatable bonds is 4. The monoisotopic (exact) mass is 351 g/mol. The number of aromatic nitrogens is 1. The number of thioether (sulfide) groups is 1. The molecular weight excluding hydrogens is 334 g/mol. The zero-order chi connectivity index (χ0) is 14.1. The van der Waals surface area contributed by atoms with E-state index in [0.717, 1.165) is 39.4 Å². The highest BCUT2D eigenvalue weighted by molar-refractivity contribution is 9.10. The van der Waals surface area contributed by atoms with Gasteiger partial charge in [-0.3, -0.25) is 4.98 Å². The quantitative estimate of drug-likeness (QED) is 0.776. The first-order valence-electron chi connectivity index (χ1n) is 7.00. The van der Waals surface area contributed by atoms with E-state index in [1.54, 1.807) is 0 Å². The molecule has 0 N–H and O–H groups in total. The number of nitrogens with zero attached hydrogens (tertiary/aromatic N) is 1. The molecule has 3 rings (SSSR count). The Kier molecular flexibility index (Phi) is 4.22. The summed E-state index contributed by atoms with van der Waals surface area (Å²) in [6.45, 7) is 4.23. The number of pyridine rings is 1. The average molecular weight is 352 g/mol. The lowest BCUT2D eigenvalue weighted by atomic mass is 9.95. The molecule has 0 bridgehead atoms. The molecule has 1 aromatic carbocycles. The van der Waals surface area contributed by atoms with E-state index < -0.39 is 0 Å². The van der Waals surface area contributed by atoms with Crippen LogP contribution in [0.25, 0.3) is 10.8 Å². The first-order chi connectivity index (χ1) is 9.67. The second-order valence-electron chi connectivity index (χ2n) is 5.21. The minimum Gasteiger partial charge on any atom is -0.490 e. The molecule has 0 amide bonds. The van der Waals surface area contributed by atoms with Crippen LogP contribution in [-0.4, -0.2) is 22.1 Å². The maximum absolute atomic E-state index is 6.16. The first kappa shape index (κ1) is 14.2. The lowest BCUT2D eigenvalue weighted by Crippen LogP contribution is -2.35. The molecular formula is C16H18BrNOS. The maximum Gasteiger partial charge on any atom is 0.129 e. The summed E-state index contributed by atoms with van der Waals surface area (Å²) in [5.41, 5.74) is 1.03. The minimum absolute atomic E-state index is 0.365. The molecule has 106 valence electrons. The van der Waals surface area contributed by atoms with Crippen molar-refractivity contribution in [2.45, 2.75) is 38.0 Å². The third kappa shape index (κ3) is 2.82. The van der Waals surface area contributed by atoms with Gasteiger partial charge in [-0.25, -0.2) is 0 Å². The summed E-state index contributed by atoms with van der Waals surface area (Å²) in [5, 5.41) is 3.05. The van der Waals surface area contributed by atoms with E-state index in [2.05, 4.69) is 40.0 Å². The lowest BCUT2D eigenvalue weighted by molar-refractivity contribution is 0.128. The fourth-order valence-corrected chi connectivity index (χ4v) is 4.18. The Morgan fingerprint density at radius 2 is 2.15 bits per heavy atom. The average Bonchev–Trinajstić information content (AvgIpc) is 2.39. The molecule has 1 heterocycles. The summed E-state index contributed by atoms with van der Waals surface area (Å²) in [5.74, 6) is 2.16. The van der Waals surface area contributed by atoms with Crippen molar-refractivity contribution in [1.82, 2.24) is 4.98 Å². The zero-order valence-corrected chi connectivity index (χ0v) is 14.1. The Balaban J connectivity index is 1.81. The molecule has 0 saturated heterocycles. The van der Waals surface area contributed by atoms with E-state index in [1.165, 1.54) is 11.1 Å². The predicted molar refractivity (Wildman–Crippen MR) is 89.8 cm³/mol. The third-order valence-electron chi connectivity index (χ3n) is 3.69. The fourth-order valence-electron chi connectivity index (χ4n) is 2.55. The van der Waals surface area contributed by atoms with Gasteiger partial charge in [0, 0.05) is 32.4 Å². The predicted octanol–water partition coefficient (Wildman–Crippen LogP) is 4.97. The van der Waals surface area contributed by atoms with Crippen molar-refractivity contribution >= 4 is 38.5 Å². The number of halogens is 1. The molecule has 0 aliphatic heterocycles. The van der Waals surface area contributed by atoms with E-state index in [1.807, 2.05) is 30.9 Å². The first-order valence-corrected chi connectivity index (χ1v) is 8.84. The lowest BCUT2D eigenvalue weighted by Gasteiger charge is -2.35. The van der Waals surface area contributed by atoms with Crippen molar-refractivity contribution in [1.29, 1.82) is 0 Å². The smallest absolute Gasteiger partial charge is 0.129 e. The Morgan fingerprint density at radius 3 is 2.90 bits per heavy atom. The molecule has 1 fully saturated rings. The van der Waals surface area contributed by atoms with Crippen LogP contribution in [0.2, 0.25) is 0 Å². The molecule has 0 spiro atoms. The third-order valence-corrected chi connectivity index (χ3v) is 5.57. The van der Waals surface area contributed by atoms with Gasteiger partial charge in [0.1, 0.15) is 11.9 Å². The summed E-state index contributed by atoms with van der Waals surface area (Å²) < 4.78 is 7.26. The molecule has 2 nitrogen and oxygen atoms in total. The summed E-state index contributed by atoms with van der Waals surface area (Å²) in [6, 6.07) is 6.21. The fraction of sp³-hybridized carbons (Fsp3) is 0.438. The molecule has 1 aromatic heterocycles. The van der Waals surface area contributed by atoms with Gasteiger partial charge in [-0.2, -0.15) is 11.8 Å². The van der Waals surface area contributed by atoms with Crippen LogP contribution in [0.5, 0.6) is 5.75 Å². The van der Waals surface area contributed by atoms with E-state index in [0.29, 0.717) is 6.10 Å². The van der Waals surface area contributed by atoms with Gasteiger partial charge in [-0.1, -0.05) is 22.9 Å². The van der Waals surface area contributed by atoms with Crippen molar-refractivity contribution in [2.75, 3.05) is 5.75 Å². The van der Waals surface area contributed by atoms with Gasteiger partial charge in [0.25, 0.3) is 0 Å². The summed E-state index contributed by atoms with van der Waals surface area (Å²) >= 11 is 5.65. The number of hydrogen-bond donors (Lipinski definition) is 0. The molecule has 1 aliphatic carbocycles. The highest BCUT2D eigenvalue weighted by Crippen LogP contribution is 2.37. The van der Waals surface area contributed by atoms with Crippen molar-refractivity contribution < 1.29 is 4.74 Å². The van der Waals surface area contributed by atoms with Crippen LogP contribution in [0.15, 0.2) is 28.9 Å². The number of hydrogen-bond acceptors (Lipinski definition) is 3. The van der Waals surface area contributed by atoms with E-state index in [9.17, 15) is 0 Å². The Labute approximate surface area is 132 Å². The standard InChI is InChI=1S/C16H18BrNOS/c1-3-20-12-7-11(8-12)19-16-5-4-15(17)13-6-10(2)18-9-14(13)16/h4-6,9,11-12H,3,7-8H2,1-2H3. The molecule has 0 atom stereocenters. The van der Waals surface area contributed by atoms with E-state index in [-0.39, 0.29) is 0 Å². The minimum atomic E-state index is 0.365. The van der Waals surface area contributed by atoms with Crippen LogP contribution in [0.1, 0.15) is 25.5 Å². The molecule has 0 radical (unpaired) electrons. The molecule has 1 aliphatic rings. The summed E-state index contributed by atoms with van der Waals surface area (Å²) in [7, 11) is 0. The highest BCUT2D eigenvalue weighted by atomic mass is 79.9. The van der Waals surface area contributed by atoms with Crippen LogP contribution >= 0.6 is 27.7 Å². The highest BCUT2D eigenvalue weighted by Gasteiger charge is 2.31. The van der Waals surface area contributed by atoms with Gasteiger partial charge in [0.15, 0.2) is 0 Å². The van der Waals surface area contributed by atoms with Gasteiger partial charge >= 0.3 is 0 Å². The maximum atomic E-state index is 6.16. The van der Waals surface area contributed by atoms with Gasteiger partial charge in [0.05, 0.1) is 0 Å². The topological polar surface area (TPSA) is 22.1 Å². The Morgan fingerprint density at radius 1 is 1.35 bits per heavy atom. The summed E-state index contributed by atoms with van der Waals surface area (Å²) in [6.07, 6.45) is 4.61. The molecule has 2 aromatic rings. The number of benzene rings is 1. The van der Waals surface area contributed by atoms with Crippen LogP contribution in [0.4, 0.5) is 0 Å². The van der Waals surface area contributed by atoms with Gasteiger partial charge in [-0.15, -0.1) is 0 Å². The molecule has 20 heavy (non-hydrogen) atoms. The number of aryl methyl sites for hydroxylation is 1. The second-order valence-corrected chi connectivity index (χ2v) is 7.64. The zero-order valence-electron chi connectivity index (χ0n) is 11.7. The second kappa shape index (κ2) is 5.94. The van der Waals surface area contributed by atoms with Gasteiger partial charge in [0.2, 0.25) is 0 Å².